The zero-order valence-corrected chi connectivity index (χ0v) is 14.5. The number of terminal acetylenes is 1. The van der Waals surface area contributed by atoms with Crippen LogP contribution < -0.4 is 9.47 Å². The predicted octanol–water partition coefficient (Wildman–Crippen LogP) is 5.15. The highest BCUT2D eigenvalue weighted by atomic mass is 19.3. The van der Waals surface area contributed by atoms with Gasteiger partial charge in [-0.05, 0) is 35.9 Å². The highest BCUT2D eigenvalue weighted by Crippen LogP contribution is 2.30. The van der Waals surface area contributed by atoms with Crippen LogP contribution in [-0.2, 0) is 0 Å². The van der Waals surface area contributed by atoms with E-state index in [2.05, 4.69) is 33.8 Å². The standard InChI is InChI=1S/C19H14F2N2O2.C2H4/c1-2-11-24-16-9-7-13(12-17(16)25-19(20)21)8-10-18-22-14-5-3-4-6-15(14)23-18;1-2/h1,3-10,12,19H,11H2,(H,22,23);1-2H2/b10-8+;. The molecule has 1 N–H and O–H groups in total. The molecule has 1 heterocycles. The molecular formula is C21H18F2N2O2. The molecule has 0 aliphatic rings. The van der Waals surface area contributed by atoms with Gasteiger partial charge < -0.3 is 14.5 Å². The monoisotopic (exact) mass is 368 g/mol. The molecule has 0 amide bonds. The number of para-hydroxylation sites is 2. The van der Waals surface area contributed by atoms with Gasteiger partial charge in [-0.25, -0.2) is 4.98 Å². The molecule has 0 unspecified atom stereocenters. The first-order valence-electron chi connectivity index (χ1n) is 7.93. The fourth-order valence-electron chi connectivity index (χ4n) is 2.28. The minimum atomic E-state index is -2.96. The molecule has 27 heavy (non-hydrogen) atoms. The fourth-order valence-corrected chi connectivity index (χ4v) is 2.28. The number of alkyl halides is 2. The average Bonchev–Trinajstić information content (AvgIpc) is 3.10. The summed E-state index contributed by atoms with van der Waals surface area (Å²) in [5.74, 6) is 3.03. The quantitative estimate of drug-likeness (QED) is 0.484. The Balaban J connectivity index is 0.00000126. The van der Waals surface area contributed by atoms with Crippen molar-refractivity contribution in [2.45, 2.75) is 6.61 Å². The number of nitrogens with zero attached hydrogens (tertiary/aromatic N) is 1. The summed E-state index contributed by atoms with van der Waals surface area (Å²) >= 11 is 0. The molecule has 6 heteroatoms. The molecule has 0 saturated carbocycles. The lowest BCUT2D eigenvalue weighted by Crippen LogP contribution is -2.05. The van der Waals surface area contributed by atoms with Gasteiger partial charge in [0.2, 0.25) is 0 Å². The number of aromatic nitrogens is 2. The summed E-state index contributed by atoms with van der Waals surface area (Å²) in [6.45, 7) is 3.01. The molecule has 3 rings (SSSR count). The van der Waals surface area contributed by atoms with E-state index >= 15 is 0 Å². The van der Waals surface area contributed by atoms with Gasteiger partial charge in [-0.2, -0.15) is 8.78 Å². The van der Waals surface area contributed by atoms with E-state index in [4.69, 9.17) is 11.2 Å². The van der Waals surface area contributed by atoms with Gasteiger partial charge in [0.1, 0.15) is 12.4 Å². The molecule has 3 aromatic rings. The van der Waals surface area contributed by atoms with E-state index in [9.17, 15) is 8.78 Å². The lowest BCUT2D eigenvalue weighted by molar-refractivity contribution is -0.0513. The topological polar surface area (TPSA) is 47.1 Å². The molecule has 2 aromatic carbocycles. The third-order valence-electron chi connectivity index (χ3n) is 3.34. The molecule has 1 aromatic heterocycles. The second kappa shape index (κ2) is 9.78. The molecule has 0 atom stereocenters. The summed E-state index contributed by atoms with van der Waals surface area (Å²) in [4.78, 5) is 7.57. The number of nitrogens with one attached hydrogen (secondary N) is 1. The van der Waals surface area contributed by atoms with Crippen LogP contribution in [-0.4, -0.2) is 23.2 Å². The first kappa shape index (κ1) is 19.7. The average molecular weight is 368 g/mol. The van der Waals surface area contributed by atoms with Crippen LogP contribution >= 0.6 is 0 Å². The van der Waals surface area contributed by atoms with Crippen molar-refractivity contribution >= 4 is 23.2 Å². The summed E-state index contributed by atoms with van der Waals surface area (Å²) in [5.41, 5.74) is 2.42. The van der Waals surface area contributed by atoms with Crippen molar-refractivity contribution in [1.82, 2.24) is 9.97 Å². The Kier molecular flexibility index (Phi) is 7.15. The molecule has 138 valence electrons. The third-order valence-corrected chi connectivity index (χ3v) is 3.34. The first-order chi connectivity index (χ1) is 13.2. The SMILES string of the molecule is C#CCOc1ccc(/C=C/c2nc3ccccc3[nH]2)cc1OC(F)F.C=C. The summed E-state index contributed by atoms with van der Waals surface area (Å²) in [7, 11) is 0. The third kappa shape index (κ3) is 5.44. The van der Waals surface area contributed by atoms with Crippen LogP contribution in [0.15, 0.2) is 55.6 Å². The molecule has 0 spiro atoms. The van der Waals surface area contributed by atoms with Crippen LogP contribution in [0.25, 0.3) is 23.2 Å². The molecule has 0 saturated heterocycles. The minimum absolute atomic E-state index is 0.0340. The number of H-pyrrole nitrogens is 1. The van der Waals surface area contributed by atoms with E-state index in [0.717, 1.165) is 11.0 Å². The number of aromatic amines is 1. The Bertz CT molecular complexity index is 925. The van der Waals surface area contributed by atoms with Crippen molar-refractivity contribution in [2.24, 2.45) is 0 Å². The van der Waals surface area contributed by atoms with Crippen molar-refractivity contribution in [2.75, 3.05) is 6.61 Å². The Hall–Kier alpha value is -3.59. The second-order valence-corrected chi connectivity index (χ2v) is 5.05. The van der Waals surface area contributed by atoms with E-state index in [-0.39, 0.29) is 18.1 Å². The van der Waals surface area contributed by atoms with Gasteiger partial charge in [-0.3, -0.25) is 0 Å². The summed E-state index contributed by atoms with van der Waals surface area (Å²) in [5, 5.41) is 0. The number of ether oxygens (including phenoxy) is 2. The largest absolute Gasteiger partial charge is 0.477 e. The second-order valence-electron chi connectivity index (χ2n) is 5.05. The van der Waals surface area contributed by atoms with Gasteiger partial charge in [0.15, 0.2) is 11.5 Å². The van der Waals surface area contributed by atoms with Gasteiger partial charge >= 0.3 is 6.61 Å². The highest BCUT2D eigenvalue weighted by Gasteiger charge is 2.11. The van der Waals surface area contributed by atoms with Crippen LogP contribution in [0.1, 0.15) is 11.4 Å². The van der Waals surface area contributed by atoms with Crippen molar-refractivity contribution in [3.8, 4) is 23.8 Å². The Labute approximate surface area is 156 Å². The lowest BCUT2D eigenvalue weighted by Gasteiger charge is -2.11. The molecule has 4 nitrogen and oxygen atoms in total. The van der Waals surface area contributed by atoms with Gasteiger partial charge in [0.05, 0.1) is 11.0 Å². The lowest BCUT2D eigenvalue weighted by atomic mass is 10.2. The van der Waals surface area contributed by atoms with Gasteiger partial charge in [-0.1, -0.05) is 30.2 Å². The van der Waals surface area contributed by atoms with Crippen molar-refractivity contribution in [1.29, 1.82) is 0 Å². The number of imidazole rings is 1. The maximum atomic E-state index is 12.6. The minimum Gasteiger partial charge on any atom is -0.477 e. The van der Waals surface area contributed by atoms with E-state index in [1.807, 2.05) is 24.3 Å². The maximum absolute atomic E-state index is 12.6. The number of hydrogen-bond acceptors (Lipinski definition) is 3. The Morgan fingerprint density at radius 1 is 1.15 bits per heavy atom. The van der Waals surface area contributed by atoms with Gasteiger partial charge in [0, 0.05) is 0 Å². The van der Waals surface area contributed by atoms with Crippen molar-refractivity contribution in [3.63, 3.8) is 0 Å². The molecule has 0 bridgehead atoms. The Morgan fingerprint density at radius 3 is 2.63 bits per heavy atom. The zero-order chi connectivity index (χ0) is 19.6. The number of benzene rings is 2. The van der Waals surface area contributed by atoms with Crippen LogP contribution in [0.4, 0.5) is 8.78 Å². The number of hydrogen-bond donors (Lipinski definition) is 1. The van der Waals surface area contributed by atoms with Crippen LogP contribution in [0.3, 0.4) is 0 Å². The summed E-state index contributed by atoms with van der Waals surface area (Å²) in [6.07, 6.45) is 8.61. The molecule has 0 aliphatic heterocycles. The number of fused-ring (bicyclic) bond motifs is 1. The van der Waals surface area contributed by atoms with E-state index in [0.29, 0.717) is 11.4 Å². The van der Waals surface area contributed by atoms with Gasteiger partial charge in [-0.15, -0.1) is 19.6 Å². The molecule has 0 fully saturated rings. The normalized spacial score (nSPS) is 10.4. The fraction of sp³-hybridized carbons (Fsp3) is 0.0952. The van der Waals surface area contributed by atoms with Crippen LogP contribution in [0.5, 0.6) is 11.5 Å². The molecule has 0 radical (unpaired) electrons. The summed E-state index contributed by atoms with van der Waals surface area (Å²) < 4.78 is 34.9. The maximum Gasteiger partial charge on any atom is 0.387 e. The van der Waals surface area contributed by atoms with E-state index in [1.54, 1.807) is 18.2 Å². The van der Waals surface area contributed by atoms with Crippen molar-refractivity contribution < 1.29 is 18.3 Å². The number of rotatable bonds is 6. The smallest absolute Gasteiger partial charge is 0.387 e. The van der Waals surface area contributed by atoms with Crippen LogP contribution in [0, 0.1) is 12.3 Å². The molecular weight excluding hydrogens is 350 g/mol. The zero-order valence-electron chi connectivity index (χ0n) is 14.5. The molecule has 0 aliphatic carbocycles. The van der Waals surface area contributed by atoms with Crippen molar-refractivity contribution in [3.05, 3.63) is 67.0 Å². The predicted molar refractivity (Wildman–Crippen MR) is 104 cm³/mol. The first-order valence-corrected chi connectivity index (χ1v) is 7.93. The van der Waals surface area contributed by atoms with E-state index < -0.39 is 6.61 Å². The number of halogens is 2. The van der Waals surface area contributed by atoms with E-state index in [1.165, 1.54) is 12.1 Å². The highest BCUT2D eigenvalue weighted by molar-refractivity contribution is 5.78. The van der Waals surface area contributed by atoms with Gasteiger partial charge in [0.25, 0.3) is 0 Å². The van der Waals surface area contributed by atoms with Crippen LogP contribution in [0.2, 0.25) is 0 Å². The summed E-state index contributed by atoms with van der Waals surface area (Å²) in [6, 6.07) is 12.3. The Morgan fingerprint density at radius 2 is 1.93 bits per heavy atom.